The largest absolute Gasteiger partial charge is 0.504 e. The molecule has 2 unspecified atom stereocenters. The zero-order valence-corrected chi connectivity index (χ0v) is 24.8. The Hall–Kier alpha value is -3.64. The quantitative estimate of drug-likeness (QED) is 0.105. The number of carbonyl (C=O) groups is 2. The molecule has 0 saturated carbocycles. The number of rotatable bonds is 9. The van der Waals surface area contributed by atoms with Crippen LogP contribution in [0.1, 0.15) is 31.4 Å². The normalized spacial score (nSPS) is 36.5. The molecule has 2 fully saturated rings. The molecule has 0 spiro atoms. The van der Waals surface area contributed by atoms with E-state index in [1.807, 2.05) is 0 Å². The smallest absolute Gasteiger partial charge is 0.193 e. The fraction of sp³-hybridized carbons (Fsp3) is 0.484. The number of phenols is 4. The van der Waals surface area contributed by atoms with Crippen molar-refractivity contribution in [2.24, 2.45) is 0 Å². The molecule has 2 aliphatic heterocycles. The first-order chi connectivity index (χ1) is 21.4. The van der Waals surface area contributed by atoms with Crippen LogP contribution in [-0.2, 0) is 25.5 Å². The Kier molecular flexibility index (Phi) is 9.85. The Labute approximate surface area is 262 Å². The Balaban J connectivity index is 1.89. The third kappa shape index (κ3) is 5.53. The summed E-state index contributed by atoms with van der Waals surface area (Å²) in [5, 5.41) is 118. The molecule has 15 heteroatoms. The number of Topliss-reactive ketones (excluding diaryl/α,β-unsaturated/α-hetero) is 1. The van der Waals surface area contributed by atoms with Crippen molar-refractivity contribution in [2.45, 2.75) is 86.2 Å². The first-order valence-electron chi connectivity index (χ1n) is 14.3. The van der Waals surface area contributed by atoms with Crippen LogP contribution >= 0.6 is 0 Å². The molecule has 46 heavy (non-hydrogen) atoms. The van der Waals surface area contributed by atoms with Crippen molar-refractivity contribution in [3.63, 3.8) is 0 Å². The van der Waals surface area contributed by atoms with Gasteiger partial charge >= 0.3 is 0 Å². The van der Waals surface area contributed by atoms with Crippen LogP contribution in [-0.4, -0.2) is 134 Å². The number of aliphatic hydroxyl groups is 7. The van der Waals surface area contributed by atoms with Gasteiger partial charge < -0.3 is 65.6 Å². The molecule has 0 aromatic heterocycles. The van der Waals surface area contributed by atoms with E-state index in [-0.39, 0.29) is 18.4 Å². The number of hydrogen-bond donors (Lipinski definition) is 11. The summed E-state index contributed by atoms with van der Waals surface area (Å²) in [6, 6.07) is 7.17. The number of hydrogen-bond acceptors (Lipinski definition) is 15. The second-order valence-electron chi connectivity index (χ2n) is 11.7. The van der Waals surface area contributed by atoms with Gasteiger partial charge in [0.05, 0.1) is 18.8 Å². The van der Waals surface area contributed by atoms with E-state index in [1.165, 1.54) is 31.2 Å². The van der Waals surface area contributed by atoms with Crippen LogP contribution in [0, 0.1) is 0 Å². The van der Waals surface area contributed by atoms with Gasteiger partial charge in [-0.25, -0.2) is 0 Å². The summed E-state index contributed by atoms with van der Waals surface area (Å²) in [5.74, 6) is -4.71. The Morgan fingerprint density at radius 1 is 0.804 bits per heavy atom. The second-order valence-corrected chi connectivity index (χ2v) is 11.7. The molecule has 252 valence electrons. The molecule has 0 aliphatic carbocycles. The lowest BCUT2D eigenvalue weighted by Gasteiger charge is -2.62. The Bertz CT molecular complexity index is 1490. The summed E-state index contributed by atoms with van der Waals surface area (Å²) in [5.41, 5.74) is -9.97. The topological polar surface area (TPSA) is 275 Å². The van der Waals surface area contributed by atoms with Crippen molar-refractivity contribution in [1.82, 2.24) is 0 Å². The maximum atomic E-state index is 13.9. The van der Waals surface area contributed by atoms with Gasteiger partial charge in [-0.15, -0.1) is 0 Å². The van der Waals surface area contributed by atoms with Gasteiger partial charge in [0, 0.05) is 0 Å². The van der Waals surface area contributed by atoms with Crippen LogP contribution in [0.5, 0.6) is 23.0 Å². The van der Waals surface area contributed by atoms with E-state index in [4.69, 9.17) is 9.47 Å². The van der Waals surface area contributed by atoms with Crippen molar-refractivity contribution in [3.05, 3.63) is 53.6 Å². The predicted octanol–water partition coefficient (Wildman–Crippen LogP) is -1.86. The number of aromatic hydroxyl groups is 4. The van der Waals surface area contributed by atoms with Gasteiger partial charge in [0.15, 0.2) is 51.4 Å². The maximum absolute atomic E-state index is 13.9. The highest BCUT2D eigenvalue weighted by Crippen LogP contribution is 2.52. The van der Waals surface area contributed by atoms with Crippen molar-refractivity contribution in [3.8, 4) is 23.0 Å². The highest BCUT2D eigenvalue weighted by Gasteiger charge is 2.80. The van der Waals surface area contributed by atoms with Crippen LogP contribution in [0.4, 0.5) is 0 Å². The zero-order chi connectivity index (χ0) is 34.4. The number of ketones is 2. The van der Waals surface area contributed by atoms with Gasteiger partial charge in [-0.2, -0.15) is 0 Å². The van der Waals surface area contributed by atoms with E-state index in [1.54, 1.807) is 0 Å². The van der Waals surface area contributed by atoms with E-state index < -0.39 is 101 Å². The second kappa shape index (κ2) is 12.9. The van der Waals surface area contributed by atoms with Gasteiger partial charge in [0.1, 0.15) is 30.5 Å². The molecule has 2 aromatic rings. The molecular formula is C31H38O15. The fourth-order valence-electron chi connectivity index (χ4n) is 6.27. The molecule has 0 bridgehead atoms. The lowest BCUT2D eigenvalue weighted by atomic mass is 9.56. The first-order valence-corrected chi connectivity index (χ1v) is 14.3. The highest BCUT2D eigenvalue weighted by molar-refractivity contribution is 6.03. The predicted molar refractivity (Wildman–Crippen MR) is 156 cm³/mol. The van der Waals surface area contributed by atoms with Crippen molar-refractivity contribution < 1.29 is 75.2 Å². The summed E-state index contributed by atoms with van der Waals surface area (Å²) in [4.78, 5) is 27.4. The first kappa shape index (κ1) is 35.2. The summed E-state index contributed by atoms with van der Waals surface area (Å²) in [7, 11) is 0. The summed E-state index contributed by atoms with van der Waals surface area (Å²) in [6.07, 6.45) is -12.6. The fourth-order valence-corrected chi connectivity index (χ4v) is 6.27. The van der Waals surface area contributed by atoms with Crippen LogP contribution in [0.25, 0.3) is 6.08 Å². The lowest BCUT2D eigenvalue weighted by Crippen LogP contribution is -2.89. The molecule has 2 saturated heterocycles. The SMILES string of the molecule is CC(=O)[C@]1(O)C(CCc2ccc(O)c(O)c2)O[C@H](CO)[C@](O)(C(=O)C=Cc2ccc(O)c(O)c2)[C@@]1(O)C1O[C@H](C)[C@@H](O)[C@H](O)[C@@H]1O. The van der Waals surface area contributed by atoms with Gasteiger partial charge in [0.2, 0.25) is 0 Å². The highest BCUT2D eigenvalue weighted by atomic mass is 16.6. The molecule has 0 amide bonds. The van der Waals surface area contributed by atoms with Gasteiger partial charge in [0.25, 0.3) is 0 Å². The average Bonchev–Trinajstić information content (AvgIpc) is 3.02. The monoisotopic (exact) mass is 650 g/mol. The number of carbonyl (C=O) groups excluding carboxylic acids is 2. The van der Waals surface area contributed by atoms with Crippen LogP contribution < -0.4 is 0 Å². The summed E-state index contributed by atoms with van der Waals surface area (Å²) >= 11 is 0. The van der Waals surface area contributed by atoms with Crippen LogP contribution in [0.3, 0.4) is 0 Å². The van der Waals surface area contributed by atoms with E-state index in [2.05, 4.69) is 0 Å². The van der Waals surface area contributed by atoms with E-state index >= 15 is 0 Å². The van der Waals surface area contributed by atoms with Crippen molar-refractivity contribution in [1.29, 1.82) is 0 Å². The standard InChI is InChI=1S/C31H38O15/c1-14-25(39)26(40)27(41)28(45-14)31(44)29(42,15(2)33)23(10-6-17-4-8-19(35)21(37)12-17)46-24(13-32)30(31,43)22(38)9-5-16-3-7-18(34)20(36)11-16/h3-5,7-9,11-12,14,23-28,32,34-37,39-44H,6,10,13H2,1-2H3/t14-,23?,24-,25-,26+,27+,28?,29+,30-,31-/m1/s1. The molecule has 4 rings (SSSR count). The van der Waals surface area contributed by atoms with Crippen LogP contribution in [0.2, 0.25) is 0 Å². The number of phenolic OH excluding ortho intramolecular Hbond substituents is 4. The molecule has 0 radical (unpaired) electrons. The molecular weight excluding hydrogens is 612 g/mol. The molecule has 10 atom stereocenters. The molecule has 11 N–H and O–H groups in total. The minimum atomic E-state index is -3.60. The molecule has 2 heterocycles. The maximum Gasteiger partial charge on any atom is 0.193 e. The van der Waals surface area contributed by atoms with Crippen LogP contribution in [0.15, 0.2) is 42.5 Å². The Morgan fingerprint density at radius 2 is 1.41 bits per heavy atom. The van der Waals surface area contributed by atoms with E-state index in [0.717, 1.165) is 25.1 Å². The number of ether oxygens (including phenoxy) is 2. The summed E-state index contributed by atoms with van der Waals surface area (Å²) < 4.78 is 11.4. The number of benzene rings is 2. The molecule has 2 aliphatic rings. The van der Waals surface area contributed by atoms with Crippen molar-refractivity contribution >= 4 is 17.6 Å². The number of aryl methyl sites for hydroxylation is 1. The van der Waals surface area contributed by atoms with E-state index in [0.29, 0.717) is 11.6 Å². The van der Waals surface area contributed by atoms with Crippen molar-refractivity contribution in [2.75, 3.05) is 6.61 Å². The molecule has 15 nitrogen and oxygen atoms in total. The zero-order valence-electron chi connectivity index (χ0n) is 24.8. The third-order valence-corrected chi connectivity index (χ3v) is 8.93. The van der Waals surface area contributed by atoms with Gasteiger partial charge in [-0.05, 0) is 68.2 Å². The number of aliphatic hydroxyl groups excluding tert-OH is 4. The Morgan fingerprint density at radius 3 is 1.98 bits per heavy atom. The molecule has 2 aromatic carbocycles. The summed E-state index contributed by atoms with van der Waals surface area (Å²) in [6.45, 7) is 0.821. The van der Waals surface area contributed by atoms with Gasteiger partial charge in [-0.1, -0.05) is 18.2 Å². The lowest BCUT2D eigenvalue weighted by molar-refractivity contribution is -0.381. The van der Waals surface area contributed by atoms with E-state index in [9.17, 15) is 65.8 Å². The van der Waals surface area contributed by atoms with Gasteiger partial charge in [-0.3, -0.25) is 9.59 Å². The third-order valence-electron chi connectivity index (χ3n) is 8.93. The average molecular weight is 651 g/mol. The minimum Gasteiger partial charge on any atom is -0.504 e. The minimum absolute atomic E-state index is 0.103.